The maximum Gasteiger partial charge on any atom is 0.0728 e. The van der Waals surface area contributed by atoms with Crippen LogP contribution in [0.3, 0.4) is 0 Å². The molecule has 0 fully saturated rings. The Morgan fingerprint density at radius 3 is 1.50 bits per heavy atom. The van der Waals surface area contributed by atoms with Gasteiger partial charge in [0.05, 0.1) is 18.1 Å². The van der Waals surface area contributed by atoms with E-state index in [-0.39, 0.29) is 24.7 Å². The summed E-state index contributed by atoms with van der Waals surface area (Å²) < 4.78 is 0. The number of aliphatic hydroxyl groups is 1. The fourth-order valence-electron chi connectivity index (χ4n) is 1.83. The summed E-state index contributed by atoms with van der Waals surface area (Å²) in [5.41, 5.74) is 21.1. The van der Waals surface area contributed by atoms with Gasteiger partial charge in [0, 0.05) is 6.61 Å². The lowest BCUT2D eigenvalue weighted by Crippen LogP contribution is -2.13. The molecule has 0 saturated carbocycles. The van der Waals surface area contributed by atoms with Gasteiger partial charge in [0.25, 0.3) is 0 Å². The summed E-state index contributed by atoms with van der Waals surface area (Å²) in [6.45, 7) is 2.02. The highest BCUT2D eigenvalue weighted by Gasteiger charge is 2.14. The van der Waals surface area contributed by atoms with Crippen molar-refractivity contribution in [3.05, 3.63) is 0 Å². The number of aliphatic hydroxyl groups excluding tert-OH is 1. The normalized spacial score (nSPS) is 15.7. The van der Waals surface area contributed by atoms with E-state index in [1.807, 2.05) is 6.92 Å². The average molecular weight is 256 g/mol. The third-order valence-corrected chi connectivity index (χ3v) is 3.15. The molecule has 7 heteroatoms. The number of rotatable bonds is 12. The predicted molar refractivity (Wildman–Crippen MR) is 67.3 cm³/mol. The lowest BCUT2D eigenvalue weighted by molar-refractivity contribution is 0.268. The molecular formula is C11H24N6O. The van der Waals surface area contributed by atoms with Gasteiger partial charge in [-0.1, -0.05) is 6.92 Å². The van der Waals surface area contributed by atoms with Crippen molar-refractivity contribution in [2.24, 2.45) is 15.3 Å². The molecule has 0 rings (SSSR count). The Labute approximate surface area is 108 Å². The molecule has 0 aliphatic heterocycles. The molecule has 3 atom stereocenters. The first-order chi connectivity index (χ1) is 8.71. The number of hydrogen-bond donors (Lipinski definition) is 4. The van der Waals surface area contributed by atoms with Crippen LogP contribution >= 0.6 is 0 Å². The quantitative estimate of drug-likeness (QED) is 0.391. The van der Waals surface area contributed by atoms with E-state index >= 15 is 0 Å². The molecule has 18 heavy (non-hydrogen) atoms. The van der Waals surface area contributed by atoms with Gasteiger partial charge in [0.1, 0.15) is 0 Å². The van der Waals surface area contributed by atoms with Crippen molar-refractivity contribution in [3.8, 4) is 0 Å². The van der Waals surface area contributed by atoms with E-state index in [0.29, 0.717) is 19.3 Å². The smallest absolute Gasteiger partial charge is 0.0728 e. The predicted octanol–water partition coefficient (Wildman–Crippen LogP) is 3.54. The molecule has 0 aromatic heterocycles. The van der Waals surface area contributed by atoms with Crippen molar-refractivity contribution in [1.82, 2.24) is 0 Å². The number of nitrogens with zero attached hydrogens (tertiary/aromatic N) is 3. The van der Waals surface area contributed by atoms with Gasteiger partial charge in [-0.25, -0.2) is 16.6 Å². The molecule has 0 amide bonds. The minimum absolute atomic E-state index is 0.0309. The van der Waals surface area contributed by atoms with Crippen molar-refractivity contribution >= 4 is 0 Å². The molecule has 0 saturated heterocycles. The zero-order chi connectivity index (χ0) is 13.8. The van der Waals surface area contributed by atoms with Crippen LogP contribution in [0.2, 0.25) is 0 Å². The second-order valence-corrected chi connectivity index (χ2v) is 4.42. The summed E-state index contributed by atoms with van der Waals surface area (Å²) in [6, 6.07) is -0.214. The molecule has 4 N–H and O–H groups in total. The van der Waals surface area contributed by atoms with Crippen LogP contribution in [0.15, 0.2) is 15.3 Å². The minimum Gasteiger partial charge on any atom is -0.396 e. The van der Waals surface area contributed by atoms with E-state index in [0.717, 1.165) is 19.3 Å². The van der Waals surface area contributed by atoms with E-state index in [2.05, 4.69) is 15.3 Å². The molecular weight excluding hydrogens is 232 g/mol. The highest BCUT2D eigenvalue weighted by atomic mass is 16.3. The lowest BCUT2D eigenvalue weighted by Gasteiger charge is -2.15. The van der Waals surface area contributed by atoms with Crippen LogP contribution in [0.5, 0.6) is 0 Å². The Morgan fingerprint density at radius 1 is 0.778 bits per heavy atom. The van der Waals surface area contributed by atoms with E-state index in [1.54, 1.807) is 0 Å². The Kier molecular flexibility index (Phi) is 10.1. The standard InChI is InChI=1S/C11H24N6O/c1-2-9(15-12)3-4-10(16-13)5-6-11(17-14)7-8-18/h9-14,18H,2-8H2,1H3. The lowest BCUT2D eigenvalue weighted by atomic mass is 9.99. The number of hydrogen-bond acceptors (Lipinski definition) is 7. The summed E-state index contributed by atoms with van der Waals surface area (Å²) in [6.07, 6.45) is 4.22. The van der Waals surface area contributed by atoms with Crippen molar-refractivity contribution in [1.29, 1.82) is 16.6 Å². The largest absolute Gasteiger partial charge is 0.396 e. The van der Waals surface area contributed by atoms with Crippen LogP contribution in [-0.2, 0) is 0 Å². The first kappa shape index (κ1) is 16.8. The zero-order valence-corrected chi connectivity index (χ0v) is 11.0. The van der Waals surface area contributed by atoms with Crippen LogP contribution in [0, 0.1) is 16.6 Å². The van der Waals surface area contributed by atoms with Crippen molar-refractivity contribution in [2.75, 3.05) is 6.61 Å². The van der Waals surface area contributed by atoms with Crippen LogP contribution in [0.4, 0.5) is 0 Å². The van der Waals surface area contributed by atoms with E-state index < -0.39 is 0 Å². The fraction of sp³-hybridized carbons (Fsp3) is 1.00. The maximum atomic E-state index is 8.79. The van der Waals surface area contributed by atoms with E-state index in [4.69, 9.17) is 21.7 Å². The van der Waals surface area contributed by atoms with Crippen LogP contribution in [-0.4, -0.2) is 29.8 Å². The highest BCUT2D eigenvalue weighted by Crippen LogP contribution is 2.17. The Balaban J connectivity index is 3.98. The third-order valence-electron chi connectivity index (χ3n) is 3.15. The summed E-state index contributed by atoms with van der Waals surface area (Å²) >= 11 is 0. The van der Waals surface area contributed by atoms with Gasteiger partial charge in [0.2, 0.25) is 0 Å². The molecule has 0 aliphatic carbocycles. The first-order valence-corrected chi connectivity index (χ1v) is 6.42. The highest BCUT2D eigenvalue weighted by molar-refractivity contribution is 4.73. The molecule has 0 heterocycles. The molecule has 0 bridgehead atoms. The maximum absolute atomic E-state index is 8.79. The molecule has 7 nitrogen and oxygen atoms in total. The van der Waals surface area contributed by atoms with Crippen molar-refractivity contribution in [3.63, 3.8) is 0 Å². The molecule has 104 valence electrons. The second kappa shape index (κ2) is 10.9. The Bertz CT molecular complexity index is 248. The summed E-state index contributed by atoms with van der Waals surface area (Å²) in [7, 11) is 0. The molecule has 0 aliphatic rings. The molecule has 0 spiro atoms. The van der Waals surface area contributed by atoms with Crippen molar-refractivity contribution < 1.29 is 5.11 Å². The van der Waals surface area contributed by atoms with Crippen molar-refractivity contribution in [2.45, 2.75) is 63.6 Å². The summed E-state index contributed by atoms with van der Waals surface area (Å²) in [5, 5.41) is 19.3. The van der Waals surface area contributed by atoms with Gasteiger partial charge >= 0.3 is 0 Å². The zero-order valence-electron chi connectivity index (χ0n) is 11.0. The van der Waals surface area contributed by atoms with Gasteiger partial charge in [-0.3, -0.25) is 0 Å². The van der Waals surface area contributed by atoms with Gasteiger partial charge in [-0.05, 0) is 38.5 Å². The summed E-state index contributed by atoms with van der Waals surface area (Å²) in [5.74, 6) is 0. The van der Waals surface area contributed by atoms with Crippen LogP contribution < -0.4 is 0 Å². The van der Waals surface area contributed by atoms with Gasteiger partial charge in [-0.2, -0.15) is 15.3 Å². The third kappa shape index (κ3) is 7.16. The van der Waals surface area contributed by atoms with Crippen LogP contribution in [0.1, 0.15) is 45.4 Å². The van der Waals surface area contributed by atoms with Gasteiger partial charge in [0.15, 0.2) is 0 Å². The monoisotopic (exact) mass is 256 g/mol. The first-order valence-electron chi connectivity index (χ1n) is 6.42. The van der Waals surface area contributed by atoms with Gasteiger partial charge in [-0.15, -0.1) is 0 Å². The minimum atomic E-state index is -0.165. The molecule has 0 aromatic carbocycles. The molecule has 0 aromatic rings. The van der Waals surface area contributed by atoms with Crippen LogP contribution in [0.25, 0.3) is 0 Å². The molecule has 0 radical (unpaired) electrons. The van der Waals surface area contributed by atoms with E-state index in [9.17, 15) is 0 Å². The Hall–Kier alpha value is -1.24. The fourth-order valence-corrected chi connectivity index (χ4v) is 1.83. The SMILES string of the molecule is CCC(CCC(CCC(CCO)N=N)N=N)N=N. The van der Waals surface area contributed by atoms with E-state index in [1.165, 1.54) is 0 Å². The number of nitrogens with one attached hydrogen (secondary N) is 3. The molecule has 3 unspecified atom stereocenters. The van der Waals surface area contributed by atoms with Gasteiger partial charge < -0.3 is 5.11 Å². The average Bonchev–Trinajstić information content (AvgIpc) is 2.41. The second-order valence-electron chi connectivity index (χ2n) is 4.42. The topological polar surface area (TPSA) is 129 Å². The Morgan fingerprint density at radius 2 is 1.17 bits per heavy atom. The summed E-state index contributed by atoms with van der Waals surface area (Å²) in [4.78, 5) is 0.